The summed E-state index contributed by atoms with van der Waals surface area (Å²) < 4.78 is 17.2. The molecule has 1 unspecified atom stereocenters. The van der Waals surface area contributed by atoms with Gasteiger partial charge in [-0.3, -0.25) is 4.57 Å². The highest BCUT2D eigenvalue weighted by atomic mass is 31.2. The number of rotatable bonds is 17. The number of hydrogen-bond acceptors (Lipinski definition) is 2. The highest BCUT2D eigenvalue weighted by Gasteiger charge is 2.17. The van der Waals surface area contributed by atoms with E-state index in [9.17, 15) is 9.46 Å². The van der Waals surface area contributed by atoms with Crippen LogP contribution in [0.1, 0.15) is 105 Å². The highest BCUT2D eigenvalue weighted by molar-refractivity contribution is 7.52. The van der Waals surface area contributed by atoms with E-state index in [-0.39, 0.29) is 0 Å². The van der Waals surface area contributed by atoms with Crippen molar-refractivity contribution < 1.29 is 14.0 Å². The Kier molecular flexibility index (Phi) is 15.5. The second-order valence-electron chi connectivity index (χ2n) is 8.09. The van der Waals surface area contributed by atoms with Gasteiger partial charge in [-0.15, -0.1) is 0 Å². The SMILES string of the molecule is CC(C)CCCCCCCOP(=O)(O)CCCCCCCC(C)C. The van der Waals surface area contributed by atoms with E-state index >= 15 is 0 Å². The van der Waals surface area contributed by atoms with Crippen LogP contribution < -0.4 is 0 Å². The molecular weight excluding hydrogens is 319 g/mol. The van der Waals surface area contributed by atoms with Gasteiger partial charge in [0, 0.05) is 6.16 Å². The number of unbranched alkanes of at least 4 members (excludes halogenated alkanes) is 8. The topological polar surface area (TPSA) is 46.5 Å². The third kappa shape index (κ3) is 18.5. The molecule has 0 saturated carbocycles. The van der Waals surface area contributed by atoms with E-state index in [0.717, 1.165) is 37.5 Å². The fourth-order valence-corrected chi connectivity index (χ4v) is 4.02. The molecule has 24 heavy (non-hydrogen) atoms. The molecule has 1 atom stereocenters. The number of hydrogen-bond donors (Lipinski definition) is 1. The van der Waals surface area contributed by atoms with E-state index < -0.39 is 7.60 Å². The largest absolute Gasteiger partial charge is 0.328 e. The summed E-state index contributed by atoms with van der Waals surface area (Å²) >= 11 is 0. The maximum atomic E-state index is 11.9. The van der Waals surface area contributed by atoms with Crippen molar-refractivity contribution in [3.05, 3.63) is 0 Å². The molecular formula is C20H43O3P. The Morgan fingerprint density at radius 3 is 1.62 bits per heavy atom. The summed E-state index contributed by atoms with van der Waals surface area (Å²) in [6.45, 7) is 9.47. The summed E-state index contributed by atoms with van der Waals surface area (Å²) in [5, 5.41) is 0. The van der Waals surface area contributed by atoms with E-state index in [0.29, 0.717) is 12.8 Å². The molecule has 4 heteroatoms. The maximum Gasteiger partial charge on any atom is 0.328 e. The molecule has 0 spiro atoms. The molecule has 0 bridgehead atoms. The lowest BCUT2D eigenvalue weighted by Gasteiger charge is -2.12. The van der Waals surface area contributed by atoms with Crippen molar-refractivity contribution in [2.75, 3.05) is 12.8 Å². The Balaban J connectivity index is 3.40. The molecule has 1 N–H and O–H groups in total. The third-order valence-corrected chi connectivity index (χ3v) is 5.91. The molecule has 0 aromatic carbocycles. The molecule has 0 aromatic heterocycles. The molecule has 146 valence electrons. The predicted molar refractivity (Wildman–Crippen MR) is 106 cm³/mol. The van der Waals surface area contributed by atoms with E-state index in [2.05, 4.69) is 27.7 Å². The molecule has 3 nitrogen and oxygen atoms in total. The van der Waals surface area contributed by atoms with Crippen LogP contribution in [0.25, 0.3) is 0 Å². The molecule has 0 amide bonds. The zero-order valence-corrected chi connectivity index (χ0v) is 17.7. The van der Waals surface area contributed by atoms with Crippen LogP contribution in [0.4, 0.5) is 0 Å². The molecule has 0 fully saturated rings. The standard InChI is InChI=1S/C20H43O3P/c1-19(2)15-11-7-5-9-13-17-23-24(21,22)18-14-10-6-8-12-16-20(3)4/h19-20H,5-18H2,1-4H3,(H,21,22). The van der Waals surface area contributed by atoms with E-state index in [4.69, 9.17) is 4.52 Å². The molecule has 0 aliphatic heterocycles. The molecule has 0 heterocycles. The first-order valence-corrected chi connectivity index (χ1v) is 12.1. The van der Waals surface area contributed by atoms with Crippen LogP contribution in [0.3, 0.4) is 0 Å². The van der Waals surface area contributed by atoms with Gasteiger partial charge in [0.25, 0.3) is 0 Å². The van der Waals surface area contributed by atoms with Crippen molar-refractivity contribution in [2.24, 2.45) is 11.8 Å². The van der Waals surface area contributed by atoms with Crippen LogP contribution in [0, 0.1) is 11.8 Å². The van der Waals surface area contributed by atoms with Gasteiger partial charge < -0.3 is 9.42 Å². The summed E-state index contributed by atoms with van der Waals surface area (Å²) in [7, 11) is -3.34. The fraction of sp³-hybridized carbons (Fsp3) is 1.00. The zero-order chi connectivity index (χ0) is 18.3. The van der Waals surface area contributed by atoms with Crippen molar-refractivity contribution in [3.63, 3.8) is 0 Å². The smallest absolute Gasteiger partial charge is 0.324 e. The van der Waals surface area contributed by atoms with Gasteiger partial charge >= 0.3 is 7.60 Å². The lowest BCUT2D eigenvalue weighted by atomic mass is 10.0. The van der Waals surface area contributed by atoms with Crippen LogP contribution in [-0.4, -0.2) is 17.7 Å². The lowest BCUT2D eigenvalue weighted by Crippen LogP contribution is -1.98. The highest BCUT2D eigenvalue weighted by Crippen LogP contribution is 2.43. The molecule has 0 rings (SSSR count). The summed E-state index contributed by atoms with van der Waals surface area (Å²) in [5.74, 6) is 1.58. The van der Waals surface area contributed by atoms with E-state index in [1.165, 1.54) is 51.4 Å². The monoisotopic (exact) mass is 362 g/mol. The first-order valence-electron chi connectivity index (χ1n) is 10.3. The van der Waals surface area contributed by atoms with Gasteiger partial charge in [0.2, 0.25) is 0 Å². The van der Waals surface area contributed by atoms with Crippen molar-refractivity contribution in [2.45, 2.75) is 105 Å². The van der Waals surface area contributed by atoms with E-state index in [1.54, 1.807) is 0 Å². The Bertz CT molecular complexity index is 316. The molecule has 0 aromatic rings. The van der Waals surface area contributed by atoms with Crippen LogP contribution in [0.15, 0.2) is 0 Å². The van der Waals surface area contributed by atoms with Gasteiger partial charge in [0.15, 0.2) is 0 Å². The lowest BCUT2D eigenvalue weighted by molar-refractivity contribution is 0.251. The van der Waals surface area contributed by atoms with Gasteiger partial charge in [0.1, 0.15) is 0 Å². The second-order valence-corrected chi connectivity index (χ2v) is 10.1. The van der Waals surface area contributed by atoms with Gasteiger partial charge in [-0.05, 0) is 24.7 Å². The van der Waals surface area contributed by atoms with Crippen molar-refractivity contribution >= 4 is 7.60 Å². The van der Waals surface area contributed by atoms with Crippen LogP contribution in [0.5, 0.6) is 0 Å². The second kappa shape index (κ2) is 15.4. The third-order valence-electron chi connectivity index (χ3n) is 4.44. The van der Waals surface area contributed by atoms with Gasteiger partial charge in [0.05, 0.1) is 6.61 Å². The summed E-state index contributed by atoms with van der Waals surface area (Å²) in [5.41, 5.74) is 0. The quantitative estimate of drug-likeness (QED) is 0.220. The van der Waals surface area contributed by atoms with E-state index in [1.807, 2.05) is 0 Å². The summed E-state index contributed by atoms with van der Waals surface area (Å²) in [4.78, 5) is 9.83. The first kappa shape index (κ1) is 24.1. The molecule has 0 saturated heterocycles. The summed E-state index contributed by atoms with van der Waals surface area (Å²) in [6, 6.07) is 0. The first-order chi connectivity index (χ1) is 11.3. The summed E-state index contributed by atoms with van der Waals surface area (Å²) in [6.07, 6.45) is 14.3. The normalized spacial score (nSPS) is 14.5. The van der Waals surface area contributed by atoms with Crippen molar-refractivity contribution in [3.8, 4) is 0 Å². The van der Waals surface area contributed by atoms with Crippen LogP contribution >= 0.6 is 7.60 Å². The van der Waals surface area contributed by atoms with Crippen molar-refractivity contribution in [1.82, 2.24) is 0 Å². The minimum Gasteiger partial charge on any atom is -0.324 e. The Labute approximate surface area is 151 Å². The fourth-order valence-electron chi connectivity index (χ4n) is 2.85. The predicted octanol–water partition coefficient (Wildman–Crippen LogP) is 7.18. The molecule has 0 aliphatic rings. The Morgan fingerprint density at radius 1 is 0.708 bits per heavy atom. The minimum absolute atomic E-state index is 0.325. The van der Waals surface area contributed by atoms with Crippen LogP contribution in [-0.2, 0) is 9.09 Å². The van der Waals surface area contributed by atoms with Crippen molar-refractivity contribution in [1.29, 1.82) is 0 Å². The van der Waals surface area contributed by atoms with Crippen LogP contribution in [0.2, 0.25) is 0 Å². The average molecular weight is 363 g/mol. The molecule has 0 aliphatic carbocycles. The Morgan fingerprint density at radius 2 is 1.12 bits per heavy atom. The molecule has 0 radical (unpaired) electrons. The zero-order valence-electron chi connectivity index (χ0n) is 16.8. The van der Waals surface area contributed by atoms with Gasteiger partial charge in [-0.2, -0.15) is 0 Å². The minimum atomic E-state index is -3.34. The average Bonchev–Trinajstić information content (AvgIpc) is 2.48. The van der Waals surface area contributed by atoms with Gasteiger partial charge in [-0.1, -0.05) is 91.9 Å². The maximum absolute atomic E-state index is 11.9. The Hall–Kier alpha value is 0.150. The van der Waals surface area contributed by atoms with Gasteiger partial charge in [-0.25, -0.2) is 0 Å².